The quantitative estimate of drug-likeness (QED) is 0.432. The zero-order chi connectivity index (χ0) is 12.0. The lowest BCUT2D eigenvalue weighted by molar-refractivity contribution is 0.366. The molecule has 1 heterocycles. The lowest BCUT2D eigenvalue weighted by Gasteiger charge is -2.09. The largest absolute Gasteiger partial charge is 0.481 e. The zero-order valence-electron chi connectivity index (χ0n) is 8.89. The second kappa shape index (κ2) is 5.41. The van der Waals surface area contributed by atoms with Gasteiger partial charge in [0.1, 0.15) is 5.69 Å². The molecule has 0 atom stereocenters. The topological polar surface area (TPSA) is 106 Å². The molecule has 0 fully saturated rings. The van der Waals surface area contributed by atoms with E-state index in [4.69, 9.17) is 20.5 Å². The Balaban J connectivity index is 2.97. The van der Waals surface area contributed by atoms with Gasteiger partial charge in [0.05, 0.1) is 14.2 Å². The normalized spacial score (nSPS) is 10.4. The fourth-order valence-electron chi connectivity index (χ4n) is 1.01. The van der Waals surface area contributed by atoms with Crippen LogP contribution >= 0.6 is 0 Å². The van der Waals surface area contributed by atoms with E-state index in [1.54, 1.807) is 18.3 Å². The van der Waals surface area contributed by atoms with Crippen molar-refractivity contribution in [2.24, 2.45) is 10.7 Å². The van der Waals surface area contributed by atoms with Crippen molar-refractivity contribution < 1.29 is 9.47 Å². The smallest absolute Gasteiger partial charge is 0.240 e. The van der Waals surface area contributed by atoms with Gasteiger partial charge in [-0.05, 0) is 6.07 Å². The van der Waals surface area contributed by atoms with E-state index in [0.717, 1.165) is 0 Å². The van der Waals surface area contributed by atoms with Gasteiger partial charge in [0, 0.05) is 6.07 Å². The number of pyridine rings is 1. The van der Waals surface area contributed by atoms with E-state index in [1.807, 2.05) is 0 Å². The SMILES string of the molecule is COc1ccc(NC(N)=NC#N)c(OC)n1. The first-order valence-corrected chi connectivity index (χ1v) is 4.29. The Bertz CT molecular complexity index is 438. The molecule has 0 aliphatic heterocycles. The molecule has 0 aliphatic carbocycles. The first kappa shape index (κ1) is 11.6. The van der Waals surface area contributed by atoms with Crippen LogP contribution in [0.25, 0.3) is 0 Å². The summed E-state index contributed by atoms with van der Waals surface area (Å²) in [6, 6.07) is 3.29. The number of anilines is 1. The first-order chi connectivity index (χ1) is 7.71. The summed E-state index contributed by atoms with van der Waals surface area (Å²) < 4.78 is 9.95. The highest BCUT2D eigenvalue weighted by molar-refractivity contribution is 5.93. The van der Waals surface area contributed by atoms with Crippen LogP contribution in [0.5, 0.6) is 11.8 Å². The van der Waals surface area contributed by atoms with Crippen LogP contribution < -0.4 is 20.5 Å². The molecule has 3 N–H and O–H groups in total. The summed E-state index contributed by atoms with van der Waals surface area (Å²) in [5.74, 6) is 0.682. The molecule has 0 amide bonds. The number of aliphatic imine (C=N–C) groups is 1. The number of nitriles is 1. The number of nitrogens with one attached hydrogen (secondary N) is 1. The zero-order valence-corrected chi connectivity index (χ0v) is 8.89. The van der Waals surface area contributed by atoms with E-state index >= 15 is 0 Å². The molecule has 0 spiro atoms. The summed E-state index contributed by atoms with van der Waals surface area (Å²) in [7, 11) is 2.96. The number of rotatable bonds is 3. The fraction of sp³-hybridized carbons (Fsp3) is 0.222. The van der Waals surface area contributed by atoms with E-state index in [9.17, 15) is 0 Å². The molecule has 16 heavy (non-hydrogen) atoms. The highest BCUT2D eigenvalue weighted by atomic mass is 16.5. The average Bonchev–Trinajstić information content (AvgIpc) is 2.30. The molecule has 7 nitrogen and oxygen atoms in total. The van der Waals surface area contributed by atoms with Crippen molar-refractivity contribution in [2.75, 3.05) is 19.5 Å². The molecule has 84 valence electrons. The third kappa shape index (κ3) is 2.75. The highest BCUT2D eigenvalue weighted by Gasteiger charge is 2.07. The van der Waals surface area contributed by atoms with E-state index in [0.29, 0.717) is 17.4 Å². The van der Waals surface area contributed by atoms with E-state index < -0.39 is 0 Å². The van der Waals surface area contributed by atoms with E-state index in [2.05, 4.69) is 15.3 Å². The van der Waals surface area contributed by atoms with Gasteiger partial charge < -0.3 is 20.5 Å². The number of hydrogen-bond donors (Lipinski definition) is 2. The van der Waals surface area contributed by atoms with Gasteiger partial charge in [-0.1, -0.05) is 0 Å². The van der Waals surface area contributed by atoms with Gasteiger partial charge in [-0.15, -0.1) is 4.99 Å². The molecule has 0 unspecified atom stereocenters. The monoisotopic (exact) mass is 221 g/mol. The predicted molar refractivity (Wildman–Crippen MR) is 58.2 cm³/mol. The Morgan fingerprint density at radius 2 is 2.25 bits per heavy atom. The van der Waals surface area contributed by atoms with Crippen LogP contribution in [0.4, 0.5) is 5.69 Å². The van der Waals surface area contributed by atoms with Gasteiger partial charge in [-0.25, -0.2) is 0 Å². The number of ether oxygens (including phenoxy) is 2. The van der Waals surface area contributed by atoms with Crippen molar-refractivity contribution in [3.8, 4) is 18.0 Å². The van der Waals surface area contributed by atoms with Gasteiger partial charge in [-0.3, -0.25) is 0 Å². The second-order valence-corrected chi connectivity index (χ2v) is 2.63. The van der Waals surface area contributed by atoms with Crippen molar-refractivity contribution in [3.63, 3.8) is 0 Å². The lowest BCUT2D eigenvalue weighted by Crippen LogP contribution is -2.22. The number of methoxy groups -OCH3 is 2. The molecule has 0 bridgehead atoms. The van der Waals surface area contributed by atoms with Gasteiger partial charge >= 0.3 is 0 Å². The Labute approximate surface area is 92.5 Å². The predicted octanol–water partition coefficient (Wildman–Crippen LogP) is 0.306. The molecular weight excluding hydrogens is 210 g/mol. The standard InChI is InChI=1S/C9H11N5O2/c1-15-7-4-3-6(8(14-7)16-2)13-9(11)12-5-10/h3-4H,1-2H3,(H3,11,12,13). The summed E-state index contributed by atoms with van der Waals surface area (Å²) in [5, 5.41) is 11.0. The molecule has 0 saturated heterocycles. The van der Waals surface area contributed by atoms with Gasteiger partial charge in [-0.2, -0.15) is 10.2 Å². The second-order valence-electron chi connectivity index (χ2n) is 2.63. The van der Waals surface area contributed by atoms with Crippen LogP contribution in [-0.2, 0) is 0 Å². The van der Waals surface area contributed by atoms with E-state index in [1.165, 1.54) is 14.2 Å². The molecule has 1 aromatic rings. The Hall–Kier alpha value is -2.49. The molecule has 0 radical (unpaired) electrons. The minimum Gasteiger partial charge on any atom is -0.481 e. The number of nitrogens with two attached hydrogens (primary N) is 1. The van der Waals surface area contributed by atoms with Crippen molar-refractivity contribution in [1.29, 1.82) is 5.26 Å². The highest BCUT2D eigenvalue weighted by Crippen LogP contribution is 2.24. The van der Waals surface area contributed by atoms with Crippen molar-refractivity contribution >= 4 is 11.6 Å². The molecule has 0 aromatic carbocycles. The number of aromatic nitrogens is 1. The van der Waals surface area contributed by atoms with Crippen LogP contribution in [-0.4, -0.2) is 25.2 Å². The fourth-order valence-corrected chi connectivity index (χ4v) is 1.01. The summed E-state index contributed by atoms with van der Waals surface area (Å²) in [6.07, 6.45) is 1.56. The number of guanidine groups is 1. The van der Waals surface area contributed by atoms with Gasteiger partial charge in [0.15, 0.2) is 0 Å². The van der Waals surface area contributed by atoms with Crippen LogP contribution in [0, 0.1) is 11.5 Å². The minimum atomic E-state index is -0.0345. The van der Waals surface area contributed by atoms with E-state index in [-0.39, 0.29) is 5.96 Å². The van der Waals surface area contributed by atoms with Crippen LogP contribution in [0.3, 0.4) is 0 Å². The first-order valence-electron chi connectivity index (χ1n) is 4.29. The lowest BCUT2D eigenvalue weighted by atomic mass is 10.4. The van der Waals surface area contributed by atoms with Crippen molar-refractivity contribution in [1.82, 2.24) is 4.98 Å². The molecule has 1 rings (SSSR count). The van der Waals surface area contributed by atoms with Crippen LogP contribution in [0.1, 0.15) is 0 Å². The summed E-state index contributed by atoms with van der Waals surface area (Å²) in [5.41, 5.74) is 5.91. The van der Waals surface area contributed by atoms with Crippen LogP contribution in [0.2, 0.25) is 0 Å². The molecule has 7 heteroatoms. The van der Waals surface area contributed by atoms with Crippen molar-refractivity contribution in [3.05, 3.63) is 12.1 Å². The molecule has 1 aromatic heterocycles. The average molecular weight is 221 g/mol. The molecule has 0 aliphatic rings. The Morgan fingerprint density at radius 1 is 1.50 bits per heavy atom. The Kier molecular flexibility index (Phi) is 3.91. The number of nitrogens with zero attached hydrogens (tertiary/aromatic N) is 3. The van der Waals surface area contributed by atoms with Gasteiger partial charge in [0.2, 0.25) is 23.9 Å². The number of hydrogen-bond acceptors (Lipinski definition) is 5. The molecule has 0 saturated carbocycles. The summed E-state index contributed by atoms with van der Waals surface area (Å²) >= 11 is 0. The Morgan fingerprint density at radius 3 is 2.81 bits per heavy atom. The summed E-state index contributed by atoms with van der Waals surface area (Å²) in [6.45, 7) is 0. The minimum absolute atomic E-state index is 0.0345. The molecular formula is C9H11N5O2. The van der Waals surface area contributed by atoms with Gasteiger partial charge in [0.25, 0.3) is 0 Å². The maximum atomic E-state index is 8.30. The summed E-state index contributed by atoms with van der Waals surface area (Å²) in [4.78, 5) is 7.33. The third-order valence-electron chi connectivity index (χ3n) is 1.67. The third-order valence-corrected chi connectivity index (χ3v) is 1.67. The maximum absolute atomic E-state index is 8.30. The maximum Gasteiger partial charge on any atom is 0.240 e. The van der Waals surface area contributed by atoms with Crippen LogP contribution in [0.15, 0.2) is 17.1 Å². The van der Waals surface area contributed by atoms with Crippen molar-refractivity contribution in [2.45, 2.75) is 0 Å².